The molecule has 0 radical (unpaired) electrons. The third kappa shape index (κ3) is 3.01. The number of carbonyl (C=O) groups is 2. The van der Waals surface area contributed by atoms with Gasteiger partial charge in [-0.3, -0.25) is 14.4 Å². The van der Waals surface area contributed by atoms with Crippen molar-refractivity contribution in [2.45, 2.75) is 12.8 Å². The van der Waals surface area contributed by atoms with Gasteiger partial charge in [-0.25, -0.2) is 0 Å². The Morgan fingerprint density at radius 1 is 1.29 bits per heavy atom. The van der Waals surface area contributed by atoms with Crippen LogP contribution in [-0.4, -0.2) is 30.5 Å². The monoisotopic (exact) mass is 327 g/mol. The van der Waals surface area contributed by atoms with Crippen LogP contribution in [0.3, 0.4) is 0 Å². The van der Waals surface area contributed by atoms with Crippen LogP contribution in [0, 0.1) is 0 Å². The van der Waals surface area contributed by atoms with Crippen molar-refractivity contribution in [3.05, 3.63) is 52.4 Å². The molecule has 24 heavy (non-hydrogen) atoms. The summed E-state index contributed by atoms with van der Waals surface area (Å²) in [6.45, 7) is 0.653. The Labute approximate surface area is 138 Å². The van der Waals surface area contributed by atoms with Crippen molar-refractivity contribution in [3.63, 3.8) is 0 Å². The van der Waals surface area contributed by atoms with Crippen LogP contribution in [0.1, 0.15) is 23.2 Å². The molecule has 1 fully saturated rings. The van der Waals surface area contributed by atoms with Gasteiger partial charge in [-0.2, -0.15) is 0 Å². The van der Waals surface area contributed by atoms with Crippen molar-refractivity contribution in [2.24, 2.45) is 0 Å². The maximum absolute atomic E-state index is 12.2. The second-order valence-electron chi connectivity index (χ2n) is 5.40. The van der Waals surface area contributed by atoms with Gasteiger partial charge in [0.15, 0.2) is 0 Å². The van der Waals surface area contributed by atoms with Crippen LogP contribution >= 0.6 is 0 Å². The minimum Gasteiger partial charge on any atom is -0.494 e. The van der Waals surface area contributed by atoms with E-state index in [0.717, 1.165) is 6.42 Å². The van der Waals surface area contributed by atoms with E-state index in [0.29, 0.717) is 30.1 Å². The summed E-state index contributed by atoms with van der Waals surface area (Å²) in [5.74, 6) is 0.0369. The average Bonchev–Trinajstić information content (AvgIpc) is 3.01. The number of H-pyrrole nitrogens is 1. The Bertz CT molecular complexity index is 844. The van der Waals surface area contributed by atoms with Crippen LogP contribution in [-0.2, 0) is 4.79 Å². The molecule has 0 saturated carbocycles. The minimum atomic E-state index is -0.510. The van der Waals surface area contributed by atoms with Crippen molar-refractivity contribution in [1.29, 1.82) is 0 Å². The quantitative estimate of drug-likeness (QED) is 0.895. The molecule has 1 aliphatic rings. The normalized spacial score (nSPS) is 13.9. The lowest BCUT2D eigenvalue weighted by molar-refractivity contribution is -0.117. The van der Waals surface area contributed by atoms with E-state index in [1.54, 1.807) is 29.2 Å². The first-order valence-corrected chi connectivity index (χ1v) is 7.57. The number of amides is 2. The lowest BCUT2D eigenvalue weighted by atomic mass is 10.2. The molecule has 2 aromatic rings. The zero-order chi connectivity index (χ0) is 17.1. The first-order valence-electron chi connectivity index (χ1n) is 7.57. The molecule has 2 N–H and O–H groups in total. The Hall–Kier alpha value is -3.09. The summed E-state index contributed by atoms with van der Waals surface area (Å²) in [7, 11) is 1.51. The molecule has 1 aliphatic heterocycles. The van der Waals surface area contributed by atoms with Gasteiger partial charge >= 0.3 is 0 Å². The van der Waals surface area contributed by atoms with Crippen molar-refractivity contribution in [1.82, 2.24) is 4.98 Å². The molecule has 0 atom stereocenters. The van der Waals surface area contributed by atoms with Crippen LogP contribution in [0.4, 0.5) is 11.4 Å². The van der Waals surface area contributed by atoms with Gasteiger partial charge in [0.25, 0.3) is 11.5 Å². The predicted molar refractivity (Wildman–Crippen MR) is 89.6 cm³/mol. The molecule has 3 rings (SSSR count). The van der Waals surface area contributed by atoms with Crippen molar-refractivity contribution in [2.75, 3.05) is 23.9 Å². The summed E-state index contributed by atoms with van der Waals surface area (Å²) in [5.41, 5.74) is 0.725. The van der Waals surface area contributed by atoms with E-state index in [4.69, 9.17) is 4.74 Å². The van der Waals surface area contributed by atoms with Crippen molar-refractivity contribution >= 4 is 23.2 Å². The molecule has 1 saturated heterocycles. The van der Waals surface area contributed by atoms with E-state index in [1.807, 2.05) is 0 Å². The Morgan fingerprint density at radius 2 is 2.12 bits per heavy atom. The second kappa shape index (κ2) is 6.57. The maximum atomic E-state index is 12.2. The van der Waals surface area contributed by atoms with Crippen molar-refractivity contribution in [3.8, 4) is 5.75 Å². The van der Waals surface area contributed by atoms with E-state index < -0.39 is 11.5 Å². The third-order valence-electron chi connectivity index (χ3n) is 3.86. The van der Waals surface area contributed by atoms with Gasteiger partial charge < -0.3 is 19.9 Å². The summed E-state index contributed by atoms with van der Waals surface area (Å²) in [6.07, 6.45) is 2.81. The second-order valence-corrected chi connectivity index (χ2v) is 5.40. The average molecular weight is 327 g/mol. The van der Waals surface area contributed by atoms with E-state index in [2.05, 4.69) is 10.3 Å². The van der Waals surface area contributed by atoms with Crippen LogP contribution in [0.15, 0.2) is 41.3 Å². The number of aromatic nitrogens is 1. The summed E-state index contributed by atoms with van der Waals surface area (Å²) in [5, 5.41) is 2.66. The fourth-order valence-electron chi connectivity index (χ4n) is 2.68. The number of benzene rings is 1. The van der Waals surface area contributed by atoms with Gasteiger partial charge in [-0.05, 0) is 30.7 Å². The molecule has 0 aliphatic carbocycles. The standard InChI is InChI=1S/C17H17N3O4/c1-24-14-10-11(6-7-13(14)20-9-3-5-15(20)21)19-17(23)12-4-2-8-18-16(12)22/h2,4,6-8,10H,3,5,9H2,1H3,(H,18,22)(H,19,23). The molecule has 0 unspecified atom stereocenters. The van der Waals surface area contributed by atoms with E-state index in [1.165, 1.54) is 19.4 Å². The number of methoxy groups -OCH3 is 1. The Balaban J connectivity index is 1.85. The third-order valence-corrected chi connectivity index (χ3v) is 3.86. The lowest BCUT2D eigenvalue weighted by Gasteiger charge is -2.19. The van der Waals surface area contributed by atoms with Crippen LogP contribution in [0.25, 0.3) is 0 Å². The number of nitrogens with one attached hydrogen (secondary N) is 2. The SMILES string of the molecule is COc1cc(NC(=O)c2ccc[nH]c2=O)ccc1N1CCCC1=O. The van der Waals surface area contributed by atoms with Gasteiger partial charge in [0.1, 0.15) is 11.3 Å². The molecular formula is C17H17N3O4. The highest BCUT2D eigenvalue weighted by molar-refractivity contribution is 6.04. The van der Waals surface area contributed by atoms with E-state index in [-0.39, 0.29) is 11.5 Å². The van der Waals surface area contributed by atoms with Gasteiger partial charge in [-0.15, -0.1) is 0 Å². The summed E-state index contributed by atoms with van der Waals surface area (Å²) >= 11 is 0. The highest BCUT2D eigenvalue weighted by Crippen LogP contribution is 2.33. The fraction of sp³-hybridized carbons (Fsp3) is 0.235. The number of hydrogen-bond acceptors (Lipinski definition) is 4. The smallest absolute Gasteiger partial charge is 0.261 e. The molecule has 0 bridgehead atoms. The first kappa shape index (κ1) is 15.8. The number of nitrogens with zero attached hydrogens (tertiary/aromatic N) is 1. The van der Waals surface area contributed by atoms with E-state index in [9.17, 15) is 14.4 Å². The Morgan fingerprint density at radius 3 is 2.79 bits per heavy atom. The van der Waals surface area contributed by atoms with Gasteiger partial charge in [0, 0.05) is 30.9 Å². The summed E-state index contributed by atoms with van der Waals surface area (Å²) in [4.78, 5) is 39.9. The van der Waals surface area contributed by atoms with Gasteiger partial charge in [0.2, 0.25) is 5.91 Å². The van der Waals surface area contributed by atoms with Crippen LogP contribution in [0.5, 0.6) is 5.75 Å². The van der Waals surface area contributed by atoms with Crippen LogP contribution < -0.4 is 20.5 Å². The summed E-state index contributed by atoms with van der Waals surface area (Å²) < 4.78 is 5.34. The topological polar surface area (TPSA) is 91.5 Å². The molecule has 1 aromatic heterocycles. The predicted octanol–water partition coefficient (Wildman–Crippen LogP) is 1.76. The zero-order valence-corrected chi connectivity index (χ0v) is 13.2. The highest BCUT2D eigenvalue weighted by atomic mass is 16.5. The van der Waals surface area contributed by atoms with Crippen molar-refractivity contribution < 1.29 is 14.3 Å². The zero-order valence-electron chi connectivity index (χ0n) is 13.2. The Kier molecular flexibility index (Phi) is 4.33. The van der Waals surface area contributed by atoms with E-state index >= 15 is 0 Å². The molecule has 7 heteroatoms. The molecule has 0 spiro atoms. The van der Waals surface area contributed by atoms with Gasteiger partial charge in [0.05, 0.1) is 12.8 Å². The van der Waals surface area contributed by atoms with Gasteiger partial charge in [-0.1, -0.05) is 0 Å². The number of carbonyl (C=O) groups excluding carboxylic acids is 2. The first-order chi connectivity index (χ1) is 11.6. The largest absolute Gasteiger partial charge is 0.494 e. The number of rotatable bonds is 4. The molecule has 2 amide bonds. The fourth-order valence-corrected chi connectivity index (χ4v) is 2.68. The molecule has 7 nitrogen and oxygen atoms in total. The lowest BCUT2D eigenvalue weighted by Crippen LogP contribution is -2.24. The minimum absolute atomic E-state index is 0.0234. The number of pyridine rings is 1. The molecular weight excluding hydrogens is 310 g/mol. The van der Waals surface area contributed by atoms with Crippen LogP contribution in [0.2, 0.25) is 0 Å². The molecule has 2 heterocycles. The number of aromatic amines is 1. The molecule has 124 valence electrons. The molecule has 1 aromatic carbocycles. The summed E-state index contributed by atoms with van der Waals surface area (Å²) in [6, 6.07) is 8.07. The number of ether oxygens (including phenoxy) is 1. The number of hydrogen-bond donors (Lipinski definition) is 2. The maximum Gasteiger partial charge on any atom is 0.261 e. The number of anilines is 2. The highest BCUT2D eigenvalue weighted by Gasteiger charge is 2.24.